The van der Waals surface area contributed by atoms with Crippen molar-refractivity contribution >= 4 is 41.4 Å². The van der Waals surface area contributed by atoms with E-state index in [0.29, 0.717) is 45.1 Å². The third-order valence-corrected chi connectivity index (χ3v) is 9.26. The van der Waals surface area contributed by atoms with Gasteiger partial charge in [-0.15, -0.1) is 0 Å². The van der Waals surface area contributed by atoms with E-state index in [0.717, 1.165) is 70.6 Å². The van der Waals surface area contributed by atoms with Gasteiger partial charge in [0, 0.05) is 38.1 Å². The lowest BCUT2D eigenvalue weighted by molar-refractivity contribution is -0.155. The normalized spacial score (nSPS) is 15.3. The van der Waals surface area contributed by atoms with Crippen LogP contribution < -0.4 is 5.32 Å². The summed E-state index contributed by atoms with van der Waals surface area (Å²) in [6, 6.07) is -1.09. The number of carbonyl (C=O) groups is 7. The number of likely N-dealkylation sites (tertiary alicyclic amines) is 1. The Balaban J connectivity index is 2.03. The summed E-state index contributed by atoms with van der Waals surface area (Å²) in [5, 5.41) is 29.8. The van der Waals surface area contributed by atoms with Gasteiger partial charge >= 0.3 is 17.9 Å². The number of aliphatic carboxylic acids is 3. The molecule has 1 fully saturated rings. The van der Waals surface area contributed by atoms with Gasteiger partial charge in [0.25, 0.3) is 0 Å². The Morgan fingerprint density at radius 2 is 1.12 bits per heavy atom. The third kappa shape index (κ3) is 18.3. The maximum Gasteiger partial charge on any atom is 0.326 e. The van der Waals surface area contributed by atoms with Crippen LogP contribution in [0.4, 0.5) is 0 Å². The highest BCUT2D eigenvalue weighted by Gasteiger charge is 2.39. The van der Waals surface area contributed by atoms with Gasteiger partial charge in [0.1, 0.15) is 11.8 Å². The first kappa shape index (κ1) is 42.7. The Kier molecular flexibility index (Phi) is 22.0. The highest BCUT2D eigenvalue weighted by molar-refractivity contribution is 6.03. The molecule has 0 aliphatic carbocycles. The summed E-state index contributed by atoms with van der Waals surface area (Å²) in [6.45, 7) is 4.24. The number of imide groups is 1. The molecule has 1 aliphatic rings. The highest BCUT2D eigenvalue weighted by Crippen LogP contribution is 2.26. The molecule has 2 unspecified atom stereocenters. The molecular formula is C36H60N2O10. The minimum Gasteiger partial charge on any atom is -0.481 e. The second-order valence-electron chi connectivity index (χ2n) is 13.6. The Morgan fingerprint density at radius 1 is 0.646 bits per heavy atom. The first-order chi connectivity index (χ1) is 22.8. The second-order valence-corrected chi connectivity index (χ2v) is 13.6. The lowest BCUT2D eigenvalue weighted by atomic mass is 9.94. The molecule has 0 aromatic rings. The molecule has 0 saturated carbocycles. The fourth-order valence-corrected chi connectivity index (χ4v) is 6.12. The van der Waals surface area contributed by atoms with Crippen molar-refractivity contribution in [3.63, 3.8) is 0 Å². The molecule has 12 nitrogen and oxygen atoms in total. The molecule has 1 saturated heterocycles. The zero-order valence-corrected chi connectivity index (χ0v) is 29.2. The number of hydrogen-bond acceptors (Lipinski definition) is 7. The molecule has 0 aromatic heterocycles. The Bertz CT molecular complexity index is 1030. The predicted octanol–water partition coefficient (Wildman–Crippen LogP) is 6.13. The summed E-state index contributed by atoms with van der Waals surface area (Å²) in [5.41, 5.74) is 0. The van der Waals surface area contributed by atoms with Gasteiger partial charge in [-0.1, -0.05) is 97.3 Å². The Hall–Kier alpha value is -3.31. The number of unbranched alkanes of at least 4 members (excludes halogenated alkanes) is 14. The van der Waals surface area contributed by atoms with Crippen molar-refractivity contribution in [1.82, 2.24) is 10.2 Å². The number of nitrogens with one attached hydrogen (secondary N) is 1. The molecular weight excluding hydrogens is 620 g/mol. The lowest BCUT2D eigenvalue weighted by Crippen LogP contribution is -2.41. The summed E-state index contributed by atoms with van der Waals surface area (Å²) < 4.78 is 0. The number of carbonyl (C=O) groups excluding carboxylic acids is 4. The van der Waals surface area contributed by atoms with Crippen molar-refractivity contribution in [2.75, 3.05) is 6.54 Å². The van der Waals surface area contributed by atoms with E-state index in [4.69, 9.17) is 10.2 Å². The van der Waals surface area contributed by atoms with Gasteiger partial charge in [-0.05, 0) is 38.0 Å². The maximum absolute atomic E-state index is 12.4. The molecule has 48 heavy (non-hydrogen) atoms. The van der Waals surface area contributed by atoms with Crippen molar-refractivity contribution in [2.45, 2.75) is 161 Å². The molecule has 1 heterocycles. The molecule has 2 atom stereocenters. The van der Waals surface area contributed by atoms with E-state index in [9.17, 15) is 38.7 Å². The van der Waals surface area contributed by atoms with E-state index in [1.165, 1.54) is 4.90 Å². The molecule has 0 bridgehead atoms. The van der Waals surface area contributed by atoms with Crippen LogP contribution in [0, 0.1) is 17.8 Å². The van der Waals surface area contributed by atoms with Crippen LogP contribution in [0.5, 0.6) is 0 Å². The van der Waals surface area contributed by atoms with Crippen molar-refractivity contribution in [1.29, 1.82) is 0 Å². The number of carboxylic acids is 3. The minimum absolute atomic E-state index is 0.0489. The number of ketones is 1. The number of hydrogen-bond donors (Lipinski definition) is 4. The van der Waals surface area contributed by atoms with Gasteiger partial charge in [-0.25, -0.2) is 4.79 Å². The van der Waals surface area contributed by atoms with E-state index in [2.05, 4.69) is 5.32 Å². The summed E-state index contributed by atoms with van der Waals surface area (Å²) in [4.78, 5) is 83.8. The number of rotatable bonds is 30. The van der Waals surface area contributed by atoms with Crippen LogP contribution in [0.1, 0.15) is 155 Å². The smallest absolute Gasteiger partial charge is 0.326 e. The summed E-state index contributed by atoms with van der Waals surface area (Å²) in [7, 11) is 0. The van der Waals surface area contributed by atoms with Gasteiger partial charge in [0.15, 0.2) is 5.92 Å². The standard InChI is InChI=1S/C36H60N2O10/c1-26(2)29-25-32(41)38(33(29)42)24-18-14-15-19-27(39)22-23-30(36(47)48)37-31(40)21-17-13-11-9-7-5-3-4-6-8-10-12-16-20-28(34(43)44)35(45)46/h26,28-30H,3-25H2,1-2H3,(H,37,40)(H,43,44)(H,45,46)(H,47,48). The second kappa shape index (κ2) is 24.8. The Labute approximate surface area is 285 Å². The molecule has 1 aliphatic heterocycles. The summed E-state index contributed by atoms with van der Waals surface area (Å²) >= 11 is 0. The number of carboxylic acid groups (broad SMARTS) is 3. The average Bonchev–Trinajstić information content (AvgIpc) is 3.30. The lowest BCUT2D eigenvalue weighted by Gasteiger charge is -2.16. The van der Waals surface area contributed by atoms with Crippen molar-refractivity contribution < 1.29 is 48.9 Å². The molecule has 0 spiro atoms. The SMILES string of the molecule is CC(C)C1CC(=O)N(CCCCCC(=O)CCC(NC(=O)CCCCCCCCCCCCCCCC(C(=O)O)C(=O)O)C(=O)O)C1=O. The van der Waals surface area contributed by atoms with Crippen molar-refractivity contribution in [3.05, 3.63) is 0 Å². The van der Waals surface area contributed by atoms with Crippen LogP contribution in [0.3, 0.4) is 0 Å². The third-order valence-electron chi connectivity index (χ3n) is 9.26. The first-order valence-corrected chi connectivity index (χ1v) is 18.2. The molecule has 0 radical (unpaired) electrons. The van der Waals surface area contributed by atoms with Crippen molar-refractivity contribution in [3.8, 4) is 0 Å². The zero-order valence-electron chi connectivity index (χ0n) is 29.2. The van der Waals surface area contributed by atoms with Gasteiger partial charge in [0.05, 0.1) is 0 Å². The first-order valence-electron chi connectivity index (χ1n) is 18.2. The molecule has 1 rings (SSSR count). The molecule has 4 N–H and O–H groups in total. The van der Waals surface area contributed by atoms with E-state index < -0.39 is 29.9 Å². The minimum atomic E-state index is -1.30. The van der Waals surface area contributed by atoms with E-state index in [-0.39, 0.29) is 67.4 Å². The van der Waals surface area contributed by atoms with Crippen molar-refractivity contribution in [2.24, 2.45) is 17.8 Å². The van der Waals surface area contributed by atoms with Crippen LogP contribution in [0.25, 0.3) is 0 Å². The van der Waals surface area contributed by atoms with E-state index >= 15 is 0 Å². The number of nitrogens with zero attached hydrogens (tertiary/aromatic N) is 1. The quantitative estimate of drug-likeness (QED) is 0.0389. The van der Waals surface area contributed by atoms with Gasteiger partial charge < -0.3 is 20.6 Å². The van der Waals surface area contributed by atoms with Gasteiger partial charge in [-0.3, -0.25) is 33.7 Å². The topological polar surface area (TPSA) is 195 Å². The molecule has 12 heteroatoms. The van der Waals surface area contributed by atoms with Crippen LogP contribution >= 0.6 is 0 Å². The Morgan fingerprint density at radius 3 is 1.60 bits per heavy atom. The van der Waals surface area contributed by atoms with Crippen LogP contribution in [0.15, 0.2) is 0 Å². The fraction of sp³-hybridized carbons (Fsp3) is 0.806. The summed E-state index contributed by atoms with van der Waals surface area (Å²) in [5.74, 6) is -5.72. The number of Topliss-reactive ketones (excluding diaryl/α,β-unsaturated/α-hetero) is 1. The van der Waals surface area contributed by atoms with Crippen LogP contribution in [-0.4, -0.2) is 74.2 Å². The zero-order chi connectivity index (χ0) is 35.9. The maximum atomic E-state index is 12.4. The van der Waals surface area contributed by atoms with Crippen LogP contribution in [-0.2, 0) is 33.6 Å². The van der Waals surface area contributed by atoms with Gasteiger partial charge in [-0.2, -0.15) is 0 Å². The summed E-state index contributed by atoms with van der Waals surface area (Å²) in [6.07, 6.45) is 15.9. The average molecular weight is 681 g/mol. The highest BCUT2D eigenvalue weighted by atomic mass is 16.4. The largest absolute Gasteiger partial charge is 0.481 e. The molecule has 3 amide bonds. The molecule has 274 valence electrons. The molecule has 0 aromatic carbocycles. The van der Waals surface area contributed by atoms with E-state index in [1.807, 2.05) is 13.8 Å². The fourth-order valence-electron chi connectivity index (χ4n) is 6.12. The van der Waals surface area contributed by atoms with Crippen LogP contribution in [0.2, 0.25) is 0 Å². The van der Waals surface area contributed by atoms with E-state index in [1.54, 1.807) is 0 Å². The van der Waals surface area contributed by atoms with Gasteiger partial charge in [0.2, 0.25) is 17.7 Å². The monoisotopic (exact) mass is 680 g/mol. The predicted molar refractivity (Wildman–Crippen MR) is 180 cm³/mol. The number of amides is 3.